The van der Waals surface area contributed by atoms with E-state index in [1.807, 2.05) is 0 Å². The highest BCUT2D eigenvalue weighted by molar-refractivity contribution is 6.12. The molecule has 1 fully saturated rings. The molecule has 2 rings (SSSR count). The SMILES string of the molecule is CC(=O)[C@@H]1CCCN1C(=O)CCCCCN1C(=O)C=CC1=O. The zero-order chi connectivity index (χ0) is 16.1. The maximum absolute atomic E-state index is 12.1. The molecule has 0 N–H and O–H groups in total. The van der Waals surface area contributed by atoms with E-state index in [2.05, 4.69) is 0 Å². The van der Waals surface area contributed by atoms with E-state index in [1.165, 1.54) is 24.0 Å². The molecule has 0 aromatic heterocycles. The molecule has 1 saturated heterocycles. The lowest BCUT2D eigenvalue weighted by atomic mass is 10.1. The topological polar surface area (TPSA) is 74.8 Å². The lowest BCUT2D eigenvalue weighted by Crippen LogP contribution is -2.39. The predicted octanol–water partition coefficient (Wildman–Crippen LogP) is 1.05. The number of unbranched alkanes of at least 4 members (excludes halogenated alkanes) is 2. The van der Waals surface area contributed by atoms with Crippen LogP contribution in [0.4, 0.5) is 0 Å². The number of ketones is 1. The zero-order valence-electron chi connectivity index (χ0n) is 12.9. The second-order valence-corrected chi connectivity index (χ2v) is 5.83. The molecule has 0 aromatic rings. The second kappa shape index (κ2) is 7.33. The van der Waals surface area contributed by atoms with E-state index in [0.29, 0.717) is 32.4 Å². The van der Waals surface area contributed by atoms with Gasteiger partial charge in [-0.05, 0) is 32.6 Å². The average molecular weight is 306 g/mol. The molecule has 6 heteroatoms. The van der Waals surface area contributed by atoms with Gasteiger partial charge in [-0.3, -0.25) is 24.1 Å². The van der Waals surface area contributed by atoms with Crippen molar-refractivity contribution in [1.29, 1.82) is 0 Å². The van der Waals surface area contributed by atoms with Gasteiger partial charge in [0.25, 0.3) is 11.8 Å². The Kier molecular flexibility index (Phi) is 5.46. The summed E-state index contributed by atoms with van der Waals surface area (Å²) < 4.78 is 0. The molecule has 0 aromatic carbocycles. The molecule has 0 spiro atoms. The van der Waals surface area contributed by atoms with Gasteiger partial charge in [0.2, 0.25) is 5.91 Å². The Labute approximate surface area is 130 Å². The second-order valence-electron chi connectivity index (χ2n) is 5.83. The monoisotopic (exact) mass is 306 g/mol. The van der Waals surface area contributed by atoms with Crippen LogP contribution in [0.2, 0.25) is 0 Å². The Morgan fingerprint density at radius 1 is 1.14 bits per heavy atom. The van der Waals surface area contributed by atoms with Crippen LogP contribution in [0.5, 0.6) is 0 Å². The fraction of sp³-hybridized carbons (Fsp3) is 0.625. The number of nitrogens with zero attached hydrogens (tertiary/aromatic N) is 2. The molecule has 1 atom stereocenters. The first-order chi connectivity index (χ1) is 10.5. The van der Waals surface area contributed by atoms with Crippen LogP contribution in [0, 0.1) is 0 Å². The number of carbonyl (C=O) groups is 4. The minimum Gasteiger partial charge on any atom is -0.333 e. The Morgan fingerprint density at radius 3 is 2.45 bits per heavy atom. The van der Waals surface area contributed by atoms with Crippen molar-refractivity contribution in [3.63, 3.8) is 0 Å². The number of carbonyl (C=O) groups excluding carboxylic acids is 4. The van der Waals surface area contributed by atoms with Crippen LogP contribution in [-0.4, -0.2) is 52.4 Å². The van der Waals surface area contributed by atoms with Crippen molar-refractivity contribution in [2.45, 2.75) is 51.5 Å². The van der Waals surface area contributed by atoms with Crippen LogP contribution in [0.25, 0.3) is 0 Å². The Morgan fingerprint density at radius 2 is 1.82 bits per heavy atom. The van der Waals surface area contributed by atoms with Crippen molar-refractivity contribution in [2.75, 3.05) is 13.1 Å². The molecule has 2 aliphatic rings. The lowest BCUT2D eigenvalue weighted by molar-refractivity contribution is -0.137. The summed E-state index contributed by atoms with van der Waals surface area (Å²) in [5.74, 6) is -0.429. The summed E-state index contributed by atoms with van der Waals surface area (Å²) in [4.78, 5) is 49.2. The van der Waals surface area contributed by atoms with Crippen molar-refractivity contribution in [1.82, 2.24) is 9.80 Å². The maximum atomic E-state index is 12.1. The number of imide groups is 1. The third-order valence-electron chi connectivity index (χ3n) is 4.22. The average Bonchev–Trinajstić information content (AvgIpc) is 3.08. The van der Waals surface area contributed by atoms with Crippen LogP contribution in [0.1, 0.15) is 45.4 Å². The van der Waals surface area contributed by atoms with E-state index in [-0.39, 0.29) is 29.5 Å². The summed E-state index contributed by atoms with van der Waals surface area (Å²) in [5, 5.41) is 0. The summed E-state index contributed by atoms with van der Waals surface area (Å²) in [6, 6.07) is -0.238. The van der Waals surface area contributed by atoms with E-state index in [4.69, 9.17) is 0 Å². The van der Waals surface area contributed by atoms with Gasteiger partial charge in [0.1, 0.15) is 0 Å². The van der Waals surface area contributed by atoms with Crippen molar-refractivity contribution < 1.29 is 19.2 Å². The van der Waals surface area contributed by atoms with Crippen LogP contribution >= 0.6 is 0 Å². The van der Waals surface area contributed by atoms with E-state index in [0.717, 1.165) is 19.3 Å². The fourth-order valence-electron chi connectivity index (χ4n) is 3.01. The molecule has 2 aliphatic heterocycles. The zero-order valence-corrected chi connectivity index (χ0v) is 12.9. The molecule has 0 radical (unpaired) electrons. The van der Waals surface area contributed by atoms with Crippen molar-refractivity contribution in [3.05, 3.63) is 12.2 Å². The normalized spacial score (nSPS) is 21.0. The smallest absolute Gasteiger partial charge is 0.253 e. The molecule has 0 saturated carbocycles. The largest absolute Gasteiger partial charge is 0.333 e. The van der Waals surface area contributed by atoms with Crippen molar-refractivity contribution in [2.24, 2.45) is 0 Å². The first-order valence-electron chi connectivity index (χ1n) is 7.84. The fourth-order valence-corrected chi connectivity index (χ4v) is 3.01. The molecule has 0 aliphatic carbocycles. The summed E-state index contributed by atoms with van der Waals surface area (Å²) in [6.07, 6.45) is 6.83. The molecule has 0 unspecified atom stereocenters. The van der Waals surface area contributed by atoms with Gasteiger partial charge in [0.15, 0.2) is 5.78 Å². The lowest BCUT2D eigenvalue weighted by Gasteiger charge is -2.22. The van der Waals surface area contributed by atoms with E-state index >= 15 is 0 Å². The van der Waals surface area contributed by atoms with Crippen LogP contribution in [-0.2, 0) is 19.2 Å². The summed E-state index contributed by atoms with van der Waals surface area (Å²) in [5.41, 5.74) is 0. The van der Waals surface area contributed by atoms with Crippen molar-refractivity contribution >= 4 is 23.5 Å². The van der Waals surface area contributed by atoms with E-state index < -0.39 is 0 Å². The van der Waals surface area contributed by atoms with Crippen LogP contribution in [0.3, 0.4) is 0 Å². The minimum atomic E-state index is -0.262. The number of rotatable bonds is 7. The molecular formula is C16H22N2O4. The van der Waals surface area contributed by atoms with Gasteiger partial charge in [-0.1, -0.05) is 6.42 Å². The molecule has 3 amide bonds. The van der Waals surface area contributed by atoms with Crippen LogP contribution < -0.4 is 0 Å². The molecule has 22 heavy (non-hydrogen) atoms. The number of hydrogen-bond donors (Lipinski definition) is 0. The van der Waals surface area contributed by atoms with Gasteiger partial charge < -0.3 is 4.90 Å². The highest BCUT2D eigenvalue weighted by atomic mass is 16.2. The Balaban J connectivity index is 1.64. The first kappa shape index (κ1) is 16.4. The maximum Gasteiger partial charge on any atom is 0.253 e. The van der Waals surface area contributed by atoms with E-state index in [1.54, 1.807) is 4.90 Å². The van der Waals surface area contributed by atoms with Gasteiger partial charge >= 0.3 is 0 Å². The van der Waals surface area contributed by atoms with Gasteiger partial charge in [-0.15, -0.1) is 0 Å². The highest BCUT2D eigenvalue weighted by Gasteiger charge is 2.31. The number of likely N-dealkylation sites (tertiary alicyclic amines) is 1. The molecule has 0 bridgehead atoms. The Bertz CT molecular complexity index is 494. The summed E-state index contributed by atoms with van der Waals surface area (Å²) >= 11 is 0. The molecule has 6 nitrogen and oxygen atoms in total. The standard InChI is InChI=1S/C16H22N2O4/c1-12(19)13-6-5-11-17(13)14(20)7-3-2-4-10-18-15(21)8-9-16(18)22/h8-9,13H,2-7,10-11H2,1H3/t13-/m0/s1. The predicted molar refractivity (Wildman–Crippen MR) is 79.7 cm³/mol. The number of Topliss-reactive ketones (excluding diaryl/α,β-unsaturated/α-hetero) is 1. The van der Waals surface area contributed by atoms with Gasteiger partial charge in [-0.25, -0.2) is 0 Å². The molecular weight excluding hydrogens is 284 g/mol. The molecule has 120 valence electrons. The first-order valence-corrected chi connectivity index (χ1v) is 7.84. The van der Waals surface area contributed by atoms with Gasteiger partial charge in [0.05, 0.1) is 6.04 Å². The highest BCUT2D eigenvalue weighted by Crippen LogP contribution is 2.20. The van der Waals surface area contributed by atoms with Gasteiger partial charge in [0, 0.05) is 31.7 Å². The third kappa shape index (κ3) is 3.81. The third-order valence-corrected chi connectivity index (χ3v) is 4.22. The Hall–Kier alpha value is -1.98. The number of amides is 3. The minimum absolute atomic E-state index is 0.0349. The quantitative estimate of drug-likeness (QED) is 0.520. The van der Waals surface area contributed by atoms with Crippen LogP contribution in [0.15, 0.2) is 12.2 Å². The van der Waals surface area contributed by atoms with Gasteiger partial charge in [-0.2, -0.15) is 0 Å². The summed E-state index contributed by atoms with van der Waals surface area (Å²) in [7, 11) is 0. The number of hydrogen-bond acceptors (Lipinski definition) is 4. The summed E-state index contributed by atoms with van der Waals surface area (Å²) in [6.45, 7) is 2.61. The molecule has 2 heterocycles. The van der Waals surface area contributed by atoms with Crippen molar-refractivity contribution in [3.8, 4) is 0 Å². The van der Waals surface area contributed by atoms with E-state index in [9.17, 15) is 19.2 Å².